The number of Topliss-reactive ketones (excluding diaryl/α,β-unsaturated/α-hetero) is 2. The maximum Gasteiger partial charge on any atom is 0.336 e. The molecule has 0 aliphatic heterocycles. The Labute approximate surface area is 114 Å². The molecule has 98 valence electrons. The van der Waals surface area contributed by atoms with Crippen LogP contribution in [0.3, 0.4) is 0 Å². The molecule has 0 heterocycles. The SMILES string of the molecule is O=C1c2cccc(-c3ccccc3)c2C(=O)[C@H]1[N+](=O)[O-]. The number of ketones is 2. The highest BCUT2D eigenvalue weighted by Crippen LogP contribution is 2.33. The van der Waals surface area contributed by atoms with Gasteiger partial charge in [-0.2, -0.15) is 0 Å². The summed E-state index contributed by atoms with van der Waals surface area (Å²) in [6.45, 7) is 0. The normalized spacial score (nSPS) is 17.1. The number of hydrogen-bond donors (Lipinski definition) is 0. The third-order valence-corrected chi connectivity index (χ3v) is 3.37. The predicted molar refractivity (Wildman–Crippen MR) is 71.3 cm³/mol. The molecule has 0 aromatic heterocycles. The van der Waals surface area contributed by atoms with Crippen LogP contribution >= 0.6 is 0 Å². The minimum Gasteiger partial charge on any atom is -0.286 e. The highest BCUT2D eigenvalue weighted by Gasteiger charge is 2.48. The minimum absolute atomic E-state index is 0.137. The minimum atomic E-state index is -1.80. The monoisotopic (exact) mass is 267 g/mol. The van der Waals surface area contributed by atoms with Crippen LogP contribution in [-0.4, -0.2) is 22.5 Å². The van der Waals surface area contributed by atoms with E-state index in [1.807, 2.05) is 6.07 Å². The molecule has 20 heavy (non-hydrogen) atoms. The Morgan fingerprint density at radius 3 is 2.15 bits per heavy atom. The molecule has 0 fully saturated rings. The van der Waals surface area contributed by atoms with E-state index >= 15 is 0 Å². The van der Waals surface area contributed by atoms with Gasteiger partial charge in [-0.1, -0.05) is 48.5 Å². The molecule has 5 heteroatoms. The fourth-order valence-corrected chi connectivity index (χ4v) is 2.48. The lowest BCUT2D eigenvalue weighted by Crippen LogP contribution is -2.31. The first kappa shape index (κ1) is 12.2. The molecule has 0 saturated carbocycles. The molecule has 5 nitrogen and oxygen atoms in total. The van der Waals surface area contributed by atoms with Crippen LogP contribution in [0, 0.1) is 10.1 Å². The second kappa shape index (κ2) is 4.38. The highest BCUT2D eigenvalue weighted by atomic mass is 16.6. The zero-order valence-corrected chi connectivity index (χ0v) is 10.3. The summed E-state index contributed by atoms with van der Waals surface area (Å²) in [5.41, 5.74) is 1.61. The second-order valence-corrected chi connectivity index (χ2v) is 4.51. The van der Waals surface area contributed by atoms with Gasteiger partial charge in [-0.3, -0.25) is 19.7 Å². The number of benzene rings is 2. The van der Waals surface area contributed by atoms with E-state index in [1.165, 1.54) is 6.07 Å². The van der Waals surface area contributed by atoms with Gasteiger partial charge in [-0.05, 0) is 11.1 Å². The van der Waals surface area contributed by atoms with Crippen molar-refractivity contribution in [3.63, 3.8) is 0 Å². The van der Waals surface area contributed by atoms with Gasteiger partial charge in [0.25, 0.3) is 0 Å². The maximum atomic E-state index is 12.2. The summed E-state index contributed by atoms with van der Waals surface area (Å²) >= 11 is 0. The number of fused-ring (bicyclic) bond motifs is 1. The van der Waals surface area contributed by atoms with Crippen molar-refractivity contribution >= 4 is 11.6 Å². The number of carbonyl (C=O) groups is 2. The molecule has 0 N–H and O–H groups in total. The van der Waals surface area contributed by atoms with Crippen LogP contribution in [0.2, 0.25) is 0 Å². The predicted octanol–water partition coefficient (Wildman–Crippen LogP) is 2.38. The van der Waals surface area contributed by atoms with Gasteiger partial charge >= 0.3 is 6.04 Å². The molecule has 3 rings (SSSR count). The highest BCUT2D eigenvalue weighted by molar-refractivity contribution is 6.30. The zero-order chi connectivity index (χ0) is 14.3. The summed E-state index contributed by atoms with van der Waals surface area (Å²) in [4.78, 5) is 34.2. The third-order valence-electron chi connectivity index (χ3n) is 3.37. The van der Waals surface area contributed by atoms with Crippen LogP contribution < -0.4 is 0 Å². The summed E-state index contributed by atoms with van der Waals surface area (Å²) in [6, 6.07) is 12.0. The first-order chi connectivity index (χ1) is 9.61. The van der Waals surface area contributed by atoms with Crippen molar-refractivity contribution in [2.45, 2.75) is 6.04 Å². The van der Waals surface area contributed by atoms with Gasteiger partial charge in [-0.25, -0.2) is 0 Å². The Morgan fingerprint density at radius 2 is 1.50 bits per heavy atom. The van der Waals surface area contributed by atoms with Crippen LogP contribution in [0.1, 0.15) is 20.7 Å². The second-order valence-electron chi connectivity index (χ2n) is 4.51. The third kappa shape index (κ3) is 1.64. The smallest absolute Gasteiger partial charge is 0.286 e. The van der Waals surface area contributed by atoms with Crippen LogP contribution in [-0.2, 0) is 0 Å². The number of rotatable bonds is 2. The van der Waals surface area contributed by atoms with Gasteiger partial charge in [0.2, 0.25) is 11.6 Å². The number of nitrogens with zero attached hydrogens (tertiary/aromatic N) is 1. The Balaban J connectivity index is 2.24. The van der Waals surface area contributed by atoms with Crippen LogP contribution in [0.25, 0.3) is 11.1 Å². The topological polar surface area (TPSA) is 77.3 Å². The van der Waals surface area contributed by atoms with E-state index in [4.69, 9.17) is 0 Å². The summed E-state index contributed by atoms with van der Waals surface area (Å²) in [7, 11) is 0. The van der Waals surface area contributed by atoms with E-state index in [9.17, 15) is 19.7 Å². The Morgan fingerprint density at radius 1 is 0.850 bits per heavy atom. The number of carbonyl (C=O) groups excluding carboxylic acids is 2. The molecule has 2 aromatic rings. The Kier molecular flexibility index (Phi) is 2.68. The lowest BCUT2D eigenvalue weighted by Gasteiger charge is -2.05. The van der Waals surface area contributed by atoms with Gasteiger partial charge < -0.3 is 0 Å². The molecule has 0 bridgehead atoms. The summed E-state index contributed by atoms with van der Waals surface area (Å²) in [6.07, 6.45) is 0. The molecule has 0 radical (unpaired) electrons. The number of nitro groups is 1. The lowest BCUT2D eigenvalue weighted by atomic mass is 9.96. The first-order valence-electron chi connectivity index (χ1n) is 6.01. The quantitative estimate of drug-likeness (QED) is 0.475. The summed E-state index contributed by atoms with van der Waals surface area (Å²) < 4.78 is 0. The molecule has 0 amide bonds. The van der Waals surface area contributed by atoms with E-state index in [0.717, 1.165) is 5.56 Å². The molecule has 1 atom stereocenters. The van der Waals surface area contributed by atoms with E-state index in [-0.39, 0.29) is 11.1 Å². The van der Waals surface area contributed by atoms with E-state index in [2.05, 4.69) is 0 Å². The maximum absolute atomic E-state index is 12.2. The first-order valence-corrected chi connectivity index (χ1v) is 6.01. The van der Waals surface area contributed by atoms with E-state index < -0.39 is 22.5 Å². The van der Waals surface area contributed by atoms with E-state index in [0.29, 0.717) is 5.56 Å². The van der Waals surface area contributed by atoms with Crippen molar-refractivity contribution in [3.05, 3.63) is 69.8 Å². The van der Waals surface area contributed by atoms with Gasteiger partial charge in [0.05, 0.1) is 0 Å². The fourth-order valence-electron chi connectivity index (χ4n) is 2.48. The van der Waals surface area contributed by atoms with Gasteiger partial charge in [0.15, 0.2) is 0 Å². The summed E-state index contributed by atoms with van der Waals surface area (Å²) in [5.74, 6) is -1.46. The summed E-state index contributed by atoms with van der Waals surface area (Å²) in [5, 5.41) is 10.9. The molecule has 0 spiro atoms. The molecule has 1 aliphatic carbocycles. The van der Waals surface area contributed by atoms with Crippen molar-refractivity contribution in [2.75, 3.05) is 0 Å². The largest absolute Gasteiger partial charge is 0.336 e. The van der Waals surface area contributed by atoms with Crippen LogP contribution in [0.5, 0.6) is 0 Å². The van der Waals surface area contributed by atoms with Gasteiger partial charge in [0.1, 0.15) is 0 Å². The number of hydrogen-bond acceptors (Lipinski definition) is 4. The van der Waals surface area contributed by atoms with Crippen molar-refractivity contribution in [1.82, 2.24) is 0 Å². The van der Waals surface area contributed by atoms with Gasteiger partial charge in [0, 0.05) is 16.1 Å². The molecular weight excluding hydrogens is 258 g/mol. The molecule has 0 unspecified atom stereocenters. The Hall–Kier alpha value is -2.82. The molecular formula is C15H9NO4. The van der Waals surface area contributed by atoms with E-state index in [1.54, 1.807) is 36.4 Å². The fraction of sp³-hybridized carbons (Fsp3) is 0.0667. The van der Waals surface area contributed by atoms with Crippen LogP contribution in [0.4, 0.5) is 0 Å². The van der Waals surface area contributed by atoms with Crippen LogP contribution in [0.15, 0.2) is 48.5 Å². The lowest BCUT2D eigenvalue weighted by molar-refractivity contribution is -0.488. The van der Waals surface area contributed by atoms with Gasteiger partial charge in [-0.15, -0.1) is 0 Å². The van der Waals surface area contributed by atoms with Crippen molar-refractivity contribution < 1.29 is 14.5 Å². The standard InChI is InChI=1S/C15H9NO4/c17-14-11-8-4-7-10(9-5-2-1-3-6-9)12(11)15(18)13(14)16(19)20/h1-8,13H/t13-/m0/s1. The zero-order valence-electron chi connectivity index (χ0n) is 10.3. The van der Waals surface area contributed by atoms with Crippen molar-refractivity contribution in [1.29, 1.82) is 0 Å². The molecule has 2 aromatic carbocycles. The average molecular weight is 267 g/mol. The molecule has 1 aliphatic rings. The average Bonchev–Trinajstić information content (AvgIpc) is 2.72. The van der Waals surface area contributed by atoms with Crippen molar-refractivity contribution in [2.24, 2.45) is 0 Å². The molecule has 0 saturated heterocycles. The Bertz CT molecular complexity index is 737. The van der Waals surface area contributed by atoms with Crippen molar-refractivity contribution in [3.8, 4) is 11.1 Å².